The maximum Gasteiger partial charge on any atom is 0.410 e. The van der Waals surface area contributed by atoms with E-state index in [4.69, 9.17) is 19.6 Å². The van der Waals surface area contributed by atoms with Crippen LogP contribution in [-0.4, -0.2) is 70.8 Å². The maximum absolute atomic E-state index is 12.8. The number of amides is 2. The number of carbonyl (C=O) groups excluding carboxylic acids is 2. The Balaban J connectivity index is 1.62. The summed E-state index contributed by atoms with van der Waals surface area (Å²) in [6.07, 6.45) is 6.23. The minimum atomic E-state index is -1.19. The Bertz CT molecular complexity index is 1320. The Morgan fingerprint density at radius 3 is 2.72 bits per heavy atom. The fourth-order valence-electron chi connectivity index (χ4n) is 4.40. The number of aromatic nitrogens is 3. The number of rotatable bonds is 9. The minimum Gasteiger partial charge on any atom is -0.444 e. The van der Waals surface area contributed by atoms with Crippen molar-refractivity contribution in [1.82, 2.24) is 19.4 Å². The molecule has 39 heavy (non-hydrogen) atoms. The predicted molar refractivity (Wildman–Crippen MR) is 152 cm³/mol. The highest BCUT2D eigenvalue weighted by Crippen LogP contribution is 2.35. The molecule has 0 aromatic carbocycles. The van der Waals surface area contributed by atoms with Gasteiger partial charge in [-0.15, -0.1) is 0 Å². The number of fused-ring (bicyclic) bond motifs is 1. The van der Waals surface area contributed by atoms with Crippen molar-refractivity contribution in [2.24, 2.45) is 5.73 Å². The first-order valence-electron chi connectivity index (χ1n) is 13.4. The number of piperidine rings is 1. The van der Waals surface area contributed by atoms with E-state index in [-0.39, 0.29) is 23.7 Å². The zero-order valence-electron chi connectivity index (χ0n) is 23.7. The van der Waals surface area contributed by atoms with Crippen LogP contribution in [0.4, 0.5) is 10.5 Å². The summed E-state index contributed by atoms with van der Waals surface area (Å²) in [5.41, 5.74) is 6.98. The molecule has 3 aromatic rings. The lowest BCUT2D eigenvalue weighted by molar-refractivity contribution is 0.0206. The van der Waals surface area contributed by atoms with Gasteiger partial charge in [-0.25, -0.2) is 14.8 Å². The molecule has 0 unspecified atom stereocenters. The summed E-state index contributed by atoms with van der Waals surface area (Å²) in [5.74, 6) is -0.435. The number of nitrogens with one attached hydrogen (secondary N) is 1. The maximum atomic E-state index is 12.8. The van der Waals surface area contributed by atoms with E-state index in [0.717, 1.165) is 35.6 Å². The SMILES string of the molecule is CC(C)(C)OC(=O)N1CCC[C@@H](Nc2c(-c3nc(C(N)=O)co3)cnc3c2ccn3COCC[Si](C)(C)C)C1. The largest absolute Gasteiger partial charge is 0.444 e. The molecule has 0 aliphatic carbocycles. The van der Waals surface area contributed by atoms with Crippen LogP contribution in [0, 0.1) is 0 Å². The van der Waals surface area contributed by atoms with Gasteiger partial charge in [0, 0.05) is 51.6 Å². The molecule has 1 saturated heterocycles. The van der Waals surface area contributed by atoms with E-state index in [1.54, 1.807) is 11.1 Å². The summed E-state index contributed by atoms with van der Waals surface area (Å²) >= 11 is 0. The molecular weight excluding hydrogens is 516 g/mol. The normalized spacial score (nSPS) is 16.5. The summed E-state index contributed by atoms with van der Waals surface area (Å²) < 4.78 is 19.2. The number of anilines is 1. The number of carbonyl (C=O) groups is 2. The molecule has 1 aliphatic heterocycles. The van der Waals surface area contributed by atoms with Crippen molar-refractivity contribution in [2.45, 2.75) is 77.7 Å². The molecule has 11 nitrogen and oxygen atoms in total. The van der Waals surface area contributed by atoms with Crippen LogP contribution in [0.15, 0.2) is 29.1 Å². The molecule has 0 radical (unpaired) electrons. The van der Waals surface area contributed by atoms with Gasteiger partial charge in [0.1, 0.15) is 24.2 Å². The van der Waals surface area contributed by atoms with E-state index in [9.17, 15) is 9.59 Å². The second-order valence-corrected chi connectivity index (χ2v) is 17.9. The van der Waals surface area contributed by atoms with Crippen molar-refractivity contribution in [1.29, 1.82) is 0 Å². The van der Waals surface area contributed by atoms with Gasteiger partial charge in [0.05, 0.1) is 11.3 Å². The smallest absolute Gasteiger partial charge is 0.410 e. The first kappa shape index (κ1) is 28.6. The molecule has 0 saturated carbocycles. The second-order valence-electron chi connectivity index (χ2n) is 12.2. The van der Waals surface area contributed by atoms with Crippen molar-refractivity contribution in [3.8, 4) is 11.5 Å². The highest BCUT2D eigenvalue weighted by molar-refractivity contribution is 6.76. The summed E-state index contributed by atoms with van der Waals surface area (Å²) in [7, 11) is -1.19. The van der Waals surface area contributed by atoms with Crippen LogP contribution < -0.4 is 11.1 Å². The minimum absolute atomic E-state index is 0.0400. The van der Waals surface area contributed by atoms with E-state index in [2.05, 4.69) is 34.9 Å². The molecule has 0 bridgehead atoms. The molecule has 3 N–H and O–H groups in total. The van der Waals surface area contributed by atoms with Crippen LogP contribution in [0.25, 0.3) is 22.5 Å². The number of likely N-dealkylation sites (tertiary alicyclic amines) is 1. The average Bonchev–Trinajstić information content (AvgIpc) is 3.49. The number of nitrogens with zero attached hydrogens (tertiary/aromatic N) is 4. The molecule has 3 aromatic heterocycles. The van der Waals surface area contributed by atoms with E-state index in [1.807, 2.05) is 37.6 Å². The van der Waals surface area contributed by atoms with Gasteiger partial charge in [-0.2, -0.15) is 0 Å². The van der Waals surface area contributed by atoms with Gasteiger partial charge in [0.15, 0.2) is 5.69 Å². The Morgan fingerprint density at radius 2 is 2.05 bits per heavy atom. The Hall–Kier alpha value is -3.38. The average molecular weight is 557 g/mol. The zero-order chi connectivity index (χ0) is 28.4. The van der Waals surface area contributed by atoms with E-state index in [1.165, 1.54) is 6.26 Å². The molecule has 0 spiro atoms. The third kappa shape index (κ3) is 7.39. The Kier molecular flexibility index (Phi) is 8.36. The monoisotopic (exact) mass is 556 g/mol. The zero-order valence-corrected chi connectivity index (χ0v) is 24.7. The van der Waals surface area contributed by atoms with Crippen molar-refractivity contribution >= 4 is 36.8 Å². The van der Waals surface area contributed by atoms with Crippen LogP contribution in [0.5, 0.6) is 0 Å². The summed E-state index contributed by atoms with van der Waals surface area (Å²) in [6, 6.07) is 3.01. The highest BCUT2D eigenvalue weighted by atomic mass is 28.3. The van der Waals surface area contributed by atoms with Crippen LogP contribution in [-0.2, 0) is 16.2 Å². The number of ether oxygens (including phenoxy) is 2. The first-order valence-corrected chi connectivity index (χ1v) is 17.1. The third-order valence-corrected chi connectivity index (χ3v) is 8.13. The molecule has 1 aliphatic rings. The molecule has 12 heteroatoms. The van der Waals surface area contributed by atoms with Gasteiger partial charge in [0.2, 0.25) is 5.89 Å². The summed E-state index contributed by atoms with van der Waals surface area (Å²) in [5, 5.41) is 4.48. The first-order chi connectivity index (χ1) is 18.3. The summed E-state index contributed by atoms with van der Waals surface area (Å²) in [6.45, 7) is 14.8. The third-order valence-electron chi connectivity index (χ3n) is 6.42. The number of hydrogen-bond donors (Lipinski definition) is 2. The number of primary amides is 1. The standard InChI is InChI=1S/C27H40N6O5Si/c1-27(2,3)38-26(35)32-10-7-8-18(15-32)30-22-19-9-11-33(17-36-12-13-39(4,5)6)24(19)29-14-20(22)25-31-21(16-37-25)23(28)34/h9,11,14,16,18H,7-8,10,12-13,15,17H2,1-6H3,(H2,28,34)(H,29,30)/t18-/m1/s1. The second kappa shape index (κ2) is 11.4. The topological polar surface area (TPSA) is 138 Å². The van der Waals surface area contributed by atoms with Gasteiger partial charge >= 0.3 is 6.09 Å². The Morgan fingerprint density at radius 1 is 1.28 bits per heavy atom. The van der Waals surface area contributed by atoms with Crippen molar-refractivity contribution in [3.05, 3.63) is 30.4 Å². The molecular formula is C27H40N6O5Si. The van der Waals surface area contributed by atoms with E-state index < -0.39 is 19.6 Å². The fraction of sp³-hybridized carbons (Fsp3) is 0.556. The van der Waals surface area contributed by atoms with Crippen LogP contribution in [0.2, 0.25) is 25.7 Å². The molecule has 4 heterocycles. The number of hydrogen-bond acceptors (Lipinski definition) is 8. The summed E-state index contributed by atoms with van der Waals surface area (Å²) in [4.78, 5) is 35.1. The van der Waals surface area contributed by atoms with E-state index in [0.29, 0.717) is 32.0 Å². The van der Waals surface area contributed by atoms with Crippen LogP contribution >= 0.6 is 0 Å². The number of nitrogens with two attached hydrogens (primary N) is 1. The number of pyridine rings is 1. The lowest BCUT2D eigenvalue weighted by Gasteiger charge is -2.35. The van der Waals surface area contributed by atoms with Crippen molar-refractivity contribution in [3.63, 3.8) is 0 Å². The fourth-order valence-corrected chi connectivity index (χ4v) is 5.16. The lowest BCUT2D eigenvalue weighted by Crippen LogP contribution is -2.47. The van der Waals surface area contributed by atoms with Crippen LogP contribution in [0.1, 0.15) is 44.1 Å². The van der Waals surface area contributed by atoms with Gasteiger partial charge in [-0.1, -0.05) is 19.6 Å². The molecule has 4 rings (SSSR count). The van der Waals surface area contributed by atoms with Gasteiger partial charge in [-0.05, 0) is 45.7 Å². The lowest BCUT2D eigenvalue weighted by atomic mass is 10.0. The molecule has 1 atom stereocenters. The van der Waals surface area contributed by atoms with Crippen LogP contribution in [0.3, 0.4) is 0 Å². The molecule has 2 amide bonds. The molecule has 1 fully saturated rings. The van der Waals surface area contributed by atoms with Gasteiger partial charge < -0.3 is 34.4 Å². The highest BCUT2D eigenvalue weighted by Gasteiger charge is 2.29. The quantitative estimate of drug-likeness (QED) is 0.280. The molecule has 212 valence electrons. The van der Waals surface area contributed by atoms with Gasteiger partial charge in [-0.3, -0.25) is 4.79 Å². The van der Waals surface area contributed by atoms with Crippen molar-refractivity contribution in [2.75, 3.05) is 25.0 Å². The van der Waals surface area contributed by atoms with E-state index >= 15 is 0 Å². The Labute approximate surface area is 230 Å². The predicted octanol–water partition coefficient (Wildman–Crippen LogP) is 4.91. The number of oxazole rings is 1. The van der Waals surface area contributed by atoms with Crippen molar-refractivity contribution < 1.29 is 23.5 Å². The van der Waals surface area contributed by atoms with Gasteiger partial charge in [0.25, 0.3) is 5.91 Å².